The van der Waals surface area contributed by atoms with Crippen LogP contribution in [0.1, 0.15) is 16.4 Å². The molecule has 3 heterocycles. The van der Waals surface area contributed by atoms with E-state index in [9.17, 15) is 9.59 Å². The summed E-state index contributed by atoms with van der Waals surface area (Å²) in [7, 11) is 3.18. The number of anilines is 1. The summed E-state index contributed by atoms with van der Waals surface area (Å²) < 4.78 is 23.5. The van der Waals surface area contributed by atoms with Crippen LogP contribution in [0.3, 0.4) is 0 Å². The first-order valence-corrected chi connectivity index (χ1v) is 14.5. The second-order valence-electron chi connectivity index (χ2n) is 9.69. The Morgan fingerprint density at radius 1 is 1.05 bits per heavy atom. The lowest BCUT2D eigenvalue weighted by Gasteiger charge is -2.23. The standard InChI is InChI=1S/C31H30N4O6S/c1-38-15-14-32-26(36)17-34-27(37)18-42-30(21-8-13-24-25(16-21)41-19-40-24)28-29(20-6-4-3-5-7-20)33-35(31(28)34)22-9-11-23(39-2)12-10-22/h3-13,16,30H,14-15,17-19H2,1-2H3,(H,32,36). The summed E-state index contributed by atoms with van der Waals surface area (Å²) in [6.45, 7) is 0.706. The van der Waals surface area contributed by atoms with E-state index in [4.69, 9.17) is 24.0 Å². The van der Waals surface area contributed by atoms with Crippen molar-refractivity contribution >= 4 is 29.4 Å². The first kappa shape index (κ1) is 27.7. The van der Waals surface area contributed by atoms with Gasteiger partial charge in [-0.05, 0) is 42.0 Å². The molecule has 0 aliphatic carbocycles. The fraction of sp³-hybridized carbons (Fsp3) is 0.258. The lowest BCUT2D eigenvalue weighted by atomic mass is 9.99. The molecular formula is C31H30N4O6S. The highest BCUT2D eigenvalue weighted by molar-refractivity contribution is 8.00. The maximum atomic E-state index is 13.8. The number of hydrogen-bond acceptors (Lipinski definition) is 8. The van der Waals surface area contributed by atoms with Gasteiger partial charge in [0.2, 0.25) is 18.6 Å². The molecule has 1 atom stereocenters. The van der Waals surface area contributed by atoms with Crippen LogP contribution in [0.25, 0.3) is 16.9 Å². The van der Waals surface area contributed by atoms with Crippen molar-refractivity contribution in [1.29, 1.82) is 0 Å². The number of carbonyl (C=O) groups is 2. The highest BCUT2D eigenvalue weighted by Gasteiger charge is 2.38. The van der Waals surface area contributed by atoms with Crippen LogP contribution in [0.4, 0.5) is 5.82 Å². The first-order chi connectivity index (χ1) is 20.6. The predicted molar refractivity (Wildman–Crippen MR) is 160 cm³/mol. The Hall–Kier alpha value is -4.48. The number of methoxy groups -OCH3 is 2. The maximum Gasteiger partial charge on any atom is 0.240 e. The van der Waals surface area contributed by atoms with Crippen LogP contribution >= 0.6 is 11.8 Å². The highest BCUT2D eigenvalue weighted by Crippen LogP contribution is 2.50. The molecule has 0 spiro atoms. The van der Waals surface area contributed by atoms with Crippen molar-refractivity contribution in [2.75, 3.05) is 51.4 Å². The summed E-state index contributed by atoms with van der Waals surface area (Å²) in [5.41, 5.74) is 4.11. The number of thioether (sulfide) groups is 1. The van der Waals surface area contributed by atoms with E-state index in [0.717, 1.165) is 28.1 Å². The lowest BCUT2D eigenvalue weighted by molar-refractivity contribution is -0.123. The Morgan fingerprint density at radius 3 is 2.60 bits per heavy atom. The van der Waals surface area contributed by atoms with E-state index < -0.39 is 0 Å². The molecule has 4 aromatic rings. The molecule has 2 amide bonds. The van der Waals surface area contributed by atoms with E-state index in [1.165, 1.54) is 11.8 Å². The van der Waals surface area contributed by atoms with Crippen LogP contribution in [0.15, 0.2) is 72.8 Å². The topological polar surface area (TPSA) is 104 Å². The predicted octanol–water partition coefficient (Wildman–Crippen LogP) is 4.21. The number of carbonyl (C=O) groups excluding carboxylic acids is 2. The molecule has 2 aliphatic rings. The van der Waals surface area contributed by atoms with Crippen molar-refractivity contribution < 1.29 is 28.5 Å². The van der Waals surface area contributed by atoms with Crippen LogP contribution in [0, 0.1) is 0 Å². The molecule has 1 aromatic heterocycles. The molecule has 0 radical (unpaired) electrons. The fourth-order valence-electron chi connectivity index (χ4n) is 5.06. The van der Waals surface area contributed by atoms with Crippen molar-refractivity contribution in [1.82, 2.24) is 15.1 Å². The van der Waals surface area contributed by atoms with Crippen molar-refractivity contribution in [3.63, 3.8) is 0 Å². The van der Waals surface area contributed by atoms with Gasteiger partial charge in [0.15, 0.2) is 11.5 Å². The average Bonchev–Trinajstić information content (AvgIpc) is 3.62. The van der Waals surface area contributed by atoms with Crippen LogP contribution < -0.4 is 24.4 Å². The number of nitrogens with zero attached hydrogens (tertiary/aromatic N) is 3. The molecule has 10 nitrogen and oxygen atoms in total. The number of hydrogen-bond donors (Lipinski definition) is 1. The SMILES string of the molecule is COCCNC(=O)CN1C(=O)CSC(c2ccc3c(c2)OCO3)c2c(-c3ccccc3)nn(-c3ccc(OC)cc3)c21. The quantitative estimate of drug-likeness (QED) is 0.291. The fourth-order valence-corrected chi connectivity index (χ4v) is 6.25. The van der Waals surface area contributed by atoms with Crippen LogP contribution in [0.5, 0.6) is 17.2 Å². The summed E-state index contributed by atoms with van der Waals surface area (Å²) in [4.78, 5) is 28.5. The normalized spacial score (nSPS) is 15.7. The molecular weight excluding hydrogens is 556 g/mol. The number of ether oxygens (including phenoxy) is 4. The van der Waals surface area contributed by atoms with Gasteiger partial charge in [0, 0.05) is 24.8 Å². The summed E-state index contributed by atoms with van der Waals surface area (Å²) >= 11 is 1.50. The molecule has 42 heavy (non-hydrogen) atoms. The van der Waals surface area contributed by atoms with Crippen molar-refractivity contribution in [3.05, 3.63) is 83.9 Å². The van der Waals surface area contributed by atoms with Gasteiger partial charge in [0.25, 0.3) is 0 Å². The number of nitrogens with one attached hydrogen (secondary N) is 1. The van der Waals surface area contributed by atoms with Gasteiger partial charge in [-0.25, -0.2) is 4.68 Å². The maximum absolute atomic E-state index is 13.8. The number of benzene rings is 3. The van der Waals surface area contributed by atoms with Crippen LogP contribution in [0.2, 0.25) is 0 Å². The van der Waals surface area contributed by atoms with Crippen LogP contribution in [-0.4, -0.2) is 68.1 Å². The van der Waals surface area contributed by atoms with Gasteiger partial charge in [-0.15, -0.1) is 11.8 Å². The van der Waals surface area contributed by atoms with Gasteiger partial charge in [-0.2, -0.15) is 5.10 Å². The molecule has 3 aromatic carbocycles. The third kappa shape index (κ3) is 5.40. The van der Waals surface area contributed by atoms with Crippen molar-refractivity contribution in [2.45, 2.75) is 5.25 Å². The molecule has 1 unspecified atom stereocenters. The van der Waals surface area contributed by atoms with Crippen molar-refractivity contribution in [2.24, 2.45) is 0 Å². The van der Waals surface area contributed by atoms with Gasteiger partial charge in [-0.1, -0.05) is 36.4 Å². The Bertz CT molecular complexity index is 1590. The Balaban J connectivity index is 1.56. The molecule has 0 bridgehead atoms. The minimum absolute atomic E-state index is 0.163. The van der Waals surface area contributed by atoms with Gasteiger partial charge >= 0.3 is 0 Å². The third-order valence-corrected chi connectivity index (χ3v) is 8.34. The summed E-state index contributed by atoms with van der Waals surface area (Å²) in [5, 5.41) is 7.66. The van der Waals surface area contributed by atoms with E-state index in [-0.39, 0.29) is 36.2 Å². The van der Waals surface area contributed by atoms with Gasteiger partial charge in [0.05, 0.1) is 36.1 Å². The van der Waals surface area contributed by atoms with E-state index in [0.29, 0.717) is 36.2 Å². The molecule has 6 rings (SSSR count). The smallest absolute Gasteiger partial charge is 0.240 e. The Morgan fingerprint density at radius 2 is 1.83 bits per heavy atom. The first-order valence-electron chi connectivity index (χ1n) is 13.5. The number of rotatable bonds is 9. The van der Waals surface area contributed by atoms with Gasteiger partial charge < -0.3 is 24.3 Å². The summed E-state index contributed by atoms with van der Waals surface area (Å²) in [6.07, 6.45) is 0. The second kappa shape index (κ2) is 12.2. The molecule has 216 valence electrons. The number of amides is 2. The van der Waals surface area contributed by atoms with E-state index in [1.807, 2.05) is 72.8 Å². The van der Waals surface area contributed by atoms with E-state index in [1.54, 1.807) is 23.8 Å². The minimum atomic E-state index is -0.290. The van der Waals surface area contributed by atoms with E-state index in [2.05, 4.69) is 5.32 Å². The molecule has 1 N–H and O–H groups in total. The Labute approximate surface area is 247 Å². The summed E-state index contributed by atoms with van der Waals surface area (Å²) in [6, 6.07) is 23.2. The second-order valence-corrected chi connectivity index (χ2v) is 10.8. The molecule has 0 saturated heterocycles. The molecule has 0 fully saturated rings. The number of fused-ring (bicyclic) bond motifs is 2. The zero-order chi connectivity index (χ0) is 29.1. The molecule has 11 heteroatoms. The van der Waals surface area contributed by atoms with E-state index >= 15 is 0 Å². The van der Waals surface area contributed by atoms with Gasteiger partial charge in [0.1, 0.15) is 18.1 Å². The zero-order valence-corrected chi connectivity index (χ0v) is 24.1. The molecule has 0 saturated carbocycles. The Kier molecular flexibility index (Phi) is 8.02. The minimum Gasteiger partial charge on any atom is -0.497 e. The summed E-state index contributed by atoms with van der Waals surface area (Å²) in [5.74, 6) is 2.25. The lowest BCUT2D eigenvalue weighted by Crippen LogP contribution is -2.43. The molecule has 2 aliphatic heterocycles. The third-order valence-electron chi connectivity index (χ3n) is 7.08. The zero-order valence-electron chi connectivity index (χ0n) is 23.2. The average molecular weight is 587 g/mol. The monoisotopic (exact) mass is 586 g/mol. The number of aromatic nitrogens is 2. The highest BCUT2D eigenvalue weighted by atomic mass is 32.2. The van der Waals surface area contributed by atoms with Crippen LogP contribution in [-0.2, 0) is 14.3 Å². The van der Waals surface area contributed by atoms with Crippen molar-refractivity contribution in [3.8, 4) is 34.2 Å². The van der Waals surface area contributed by atoms with Gasteiger partial charge in [-0.3, -0.25) is 14.5 Å². The largest absolute Gasteiger partial charge is 0.497 e.